The minimum Gasteiger partial charge on any atom is -0.394 e. The quantitative estimate of drug-likeness (QED) is 0.628. The summed E-state index contributed by atoms with van der Waals surface area (Å²) in [5.41, 5.74) is -0.448. The van der Waals surface area contributed by atoms with Crippen molar-refractivity contribution in [1.29, 1.82) is 0 Å². The Kier molecular flexibility index (Phi) is 3.19. The lowest BCUT2D eigenvalue weighted by Crippen LogP contribution is -2.55. The summed E-state index contributed by atoms with van der Waals surface area (Å²) in [4.78, 5) is 11.7. The molecule has 1 saturated carbocycles. The zero-order valence-corrected chi connectivity index (χ0v) is 9.70. The van der Waals surface area contributed by atoms with Crippen molar-refractivity contribution in [2.24, 2.45) is 5.92 Å². The van der Waals surface area contributed by atoms with Crippen molar-refractivity contribution in [1.82, 2.24) is 10.6 Å². The topological polar surface area (TPSA) is 61.4 Å². The van der Waals surface area contributed by atoms with Crippen LogP contribution in [0.25, 0.3) is 0 Å². The maximum absolute atomic E-state index is 11.7. The second kappa shape index (κ2) is 4.45. The van der Waals surface area contributed by atoms with Gasteiger partial charge in [-0.05, 0) is 38.5 Å². The minimum atomic E-state index is -0.448. The Hall–Kier alpha value is -1.03. The third kappa shape index (κ3) is 2.55. The van der Waals surface area contributed by atoms with E-state index in [1.807, 2.05) is 6.92 Å². The van der Waals surface area contributed by atoms with Crippen LogP contribution in [0.4, 0.5) is 4.79 Å². The highest BCUT2D eigenvalue weighted by Gasteiger charge is 2.42. The summed E-state index contributed by atoms with van der Waals surface area (Å²) in [7, 11) is 0. The van der Waals surface area contributed by atoms with Crippen molar-refractivity contribution in [2.75, 3.05) is 6.61 Å². The van der Waals surface area contributed by atoms with Gasteiger partial charge in [0.1, 0.15) is 0 Å². The molecule has 0 saturated heterocycles. The standard InChI is InChI=1S/C12H20N2O2/c1-12(8-15,9-6-7-9)14-11(16)13-10-4-2-3-5-10/h2-3,9-10,15H,4-8H2,1H3,(H2,13,14,16). The van der Waals surface area contributed by atoms with E-state index in [1.54, 1.807) is 0 Å². The average molecular weight is 224 g/mol. The summed E-state index contributed by atoms with van der Waals surface area (Å²) < 4.78 is 0. The molecule has 2 amide bonds. The summed E-state index contributed by atoms with van der Waals surface area (Å²) in [5.74, 6) is 0.435. The summed E-state index contributed by atoms with van der Waals surface area (Å²) >= 11 is 0. The Bertz CT molecular complexity index is 291. The number of carbonyl (C=O) groups is 1. The number of aliphatic hydroxyl groups is 1. The highest BCUT2D eigenvalue weighted by molar-refractivity contribution is 5.75. The van der Waals surface area contributed by atoms with Crippen molar-refractivity contribution in [3.63, 3.8) is 0 Å². The van der Waals surface area contributed by atoms with E-state index in [0.717, 1.165) is 25.7 Å². The Morgan fingerprint density at radius 1 is 1.44 bits per heavy atom. The first kappa shape index (κ1) is 11.5. The van der Waals surface area contributed by atoms with Crippen molar-refractivity contribution in [3.05, 3.63) is 12.2 Å². The summed E-state index contributed by atoms with van der Waals surface area (Å²) in [6.07, 6.45) is 8.18. The molecule has 0 spiro atoms. The number of amides is 2. The van der Waals surface area contributed by atoms with E-state index in [4.69, 9.17) is 0 Å². The number of aliphatic hydroxyl groups excluding tert-OH is 1. The van der Waals surface area contributed by atoms with Crippen LogP contribution in [0.3, 0.4) is 0 Å². The SMILES string of the molecule is CC(CO)(NC(=O)NC1CC=CC1)C1CC1. The molecule has 1 fully saturated rings. The van der Waals surface area contributed by atoms with Crippen molar-refractivity contribution >= 4 is 6.03 Å². The fourth-order valence-electron chi connectivity index (χ4n) is 2.21. The Morgan fingerprint density at radius 2 is 2.06 bits per heavy atom. The molecule has 1 unspecified atom stereocenters. The largest absolute Gasteiger partial charge is 0.394 e. The van der Waals surface area contributed by atoms with Crippen LogP contribution in [0.5, 0.6) is 0 Å². The molecule has 4 nitrogen and oxygen atoms in total. The van der Waals surface area contributed by atoms with Crippen LogP contribution in [0.2, 0.25) is 0 Å². The minimum absolute atomic E-state index is 0.00794. The van der Waals surface area contributed by atoms with Crippen LogP contribution in [0.15, 0.2) is 12.2 Å². The van der Waals surface area contributed by atoms with Crippen molar-refractivity contribution in [3.8, 4) is 0 Å². The predicted molar refractivity (Wildman–Crippen MR) is 62.0 cm³/mol. The molecule has 0 aliphatic heterocycles. The van der Waals surface area contributed by atoms with Gasteiger partial charge in [0.2, 0.25) is 0 Å². The third-order valence-corrected chi connectivity index (χ3v) is 3.55. The molecule has 0 aromatic heterocycles. The third-order valence-electron chi connectivity index (χ3n) is 3.55. The van der Waals surface area contributed by atoms with Gasteiger partial charge < -0.3 is 15.7 Å². The van der Waals surface area contributed by atoms with Crippen LogP contribution < -0.4 is 10.6 Å². The highest BCUT2D eigenvalue weighted by atomic mass is 16.3. The summed E-state index contributed by atoms with van der Waals surface area (Å²) in [5, 5.41) is 15.2. The van der Waals surface area contributed by atoms with Crippen LogP contribution >= 0.6 is 0 Å². The lowest BCUT2D eigenvalue weighted by atomic mass is 9.97. The van der Waals surface area contributed by atoms with Gasteiger partial charge in [-0.2, -0.15) is 0 Å². The van der Waals surface area contributed by atoms with Crippen LogP contribution in [-0.4, -0.2) is 29.3 Å². The van der Waals surface area contributed by atoms with Gasteiger partial charge in [-0.25, -0.2) is 4.79 Å². The predicted octanol–water partition coefficient (Wildman–Crippen LogP) is 1.17. The summed E-state index contributed by atoms with van der Waals surface area (Å²) in [6, 6.07) is 0.0688. The first-order valence-corrected chi connectivity index (χ1v) is 5.98. The molecule has 0 heterocycles. The maximum Gasteiger partial charge on any atom is 0.315 e. The normalized spacial score (nSPS) is 24.1. The molecule has 90 valence electrons. The Morgan fingerprint density at radius 3 is 2.56 bits per heavy atom. The zero-order valence-electron chi connectivity index (χ0n) is 9.70. The van der Waals surface area contributed by atoms with Gasteiger partial charge in [0.25, 0.3) is 0 Å². The fraction of sp³-hybridized carbons (Fsp3) is 0.750. The molecular formula is C12H20N2O2. The first-order valence-electron chi connectivity index (χ1n) is 5.98. The van der Waals surface area contributed by atoms with Gasteiger partial charge in [0, 0.05) is 6.04 Å². The molecule has 0 aromatic rings. The van der Waals surface area contributed by atoms with Crippen molar-refractivity contribution < 1.29 is 9.90 Å². The highest BCUT2D eigenvalue weighted by Crippen LogP contribution is 2.39. The van der Waals surface area contributed by atoms with Gasteiger partial charge in [-0.15, -0.1) is 0 Å². The smallest absolute Gasteiger partial charge is 0.315 e. The fourth-order valence-corrected chi connectivity index (χ4v) is 2.21. The molecule has 1 atom stereocenters. The van der Waals surface area contributed by atoms with Gasteiger partial charge in [-0.3, -0.25) is 0 Å². The second-order valence-corrected chi connectivity index (χ2v) is 5.09. The molecule has 2 rings (SSSR count). The molecular weight excluding hydrogens is 204 g/mol. The number of hydrogen-bond acceptors (Lipinski definition) is 2. The zero-order chi connectivity index (χ0) is 11.6. The first-order chi connectivity index (χ1) is 7.64. The van der Waals surface area contributed by atoms with Gasteiger partial charge in [0.15, 0.2) is 0 Å². The molecule has 0 bridgehead atoms. The lowest BCUT2D eigenvalue weighted by Gasteiger charge is -2.29. The second-order valence-electron chi connectivity index (χ2n) is 5.09. The van der Waals surface area contributed by atoms with Crippen molar-refractivity contribution in [2.45, 2.75) is 44.2 Å². The van der Waals surface area contributed by atoms with E-state index >= 15 is 0 Å². The van der Waals surface area contributed by atoms with Crippen LogP contribution in [0.1, 0.15) is 32.6 Å². The van der Waals surface area contributed by atoms with E-state index < -0.39 is 5.54 Å². The number of urea groups is 1. The van der Waals surface area contributed by atoms with E-state index in [0.29, 0.717) is 5.92 Å². The molecule has 0 aromatic carbocycles. The molecule has 0 radical (unpaired) electrons. The molecule has 16 heavy (non-hydrogen) atoms. The van der Waals surface area contributed by atoms with E-state index in [2.05, 4.69) is 22.8 Å². The van der Waals surface area contributed by atoms with Gasteiger partial charge in [0.05, 0.1) is 12.1 Å². The maximum atomic E-state index is 11.7. The number of rotatable bonds is 4. The molecule has 2 aliphatic carbocycles. The van der Waals surface area contributed by atoms with E-state index in [9.17, 15) is 9.90 Å². The van der Waals surface area contributed by atoms with Crippen LogP contribution in [0, 0.1) is 5.92 Å². The number of hydrogen-bond donors (Lipinski definition) is 3. The lowest BCUT2D eigenvalue weighted by molar-refractivity contribution is 0.154. The monoisotopic (exact) mass is 224 g/mol. The van der Waals surface area contributed by atoms with Gasteiger partial charge in [-0.1, -0.05) is 12.2 Å². The van der Waals surface area contributed by atoms with E-state index in [-0.39, 0.29) is 18.7 Å². The number of nitrogens with one attached hydrogen (secondary N) is 2. The summed E-state index contributed by atoms with van der Waals surface area (Å²) in [6.45, 7) is 1.92. The molecule has 4 heteroatoms. The Balaban J connectivity index is 1.80. The average Bonchev–Trinajstić information content (AvgIpc) is 3.00. The van der Waals surface area contributed by atoms with E-state index in [1.165, 1.54) is 0 Å². The Labute approximate surface area is 96.1 Å². The molecule has 2 aliphatic rings. The number of carbonyl (C=O) groups excluding carboxylic acids is 1. The molecule has 3 N–H and O–H groups in total. The van der Waals surface area contributed by atoms with Crippen LogP contribution in [-0.2, 0) is 0 Å². The van der Waals surface area contributed by atoms with Gasteiger partial charge >= 0.3 is 6.03 Å².